The van der Waals surface area contributed by atoms with Crippen molar-refractivity contribution in [3.05, 3.63) is 54.1 Å². The lowest BCUT2D eigenvalue weighted by atomic mass is 10.2. The van der Waals surface area contributed by atoms with Crippen molar-refractivity contribution in [3.63, 3.8) is 0 Å². The number of nitrogens with zero attached hydrogens (tertiary/aromatic N) is 1. The number of ether oxygens (including phenoxy) is 3. The number of nitrogens with one attached hydrogen (secondary N) is 1. The molecular formula is C24H30N2O7S. The van der Waals surface area contributed by atoms with E-state index in [9.17, 15) is 18.0 Å². The summed E-state index contributed by atoms with van der Waals surface area (Å²) in [6.45, 7) is 4.69. The van der Waals surface area contributed by atoms with Crippen molar-refractivity contribution in [3.8, 4) is 11.5 Å². The van der Waals surface area contributed by atoms with Gasteiger partial charge in [0.2, 0.25) is 10.0 Å². The molecule has 0 unspecified atom stereocenters. The summed E-state index contributed by atoms with van der Waals surface area (Å²) in [5.41, 5.74) is 0.987. The lowest BCUT2D eigenvalue weighted by Crippen LogP contribution is -2.39. The summed E-state index contributed by atoms with van der Waals surface area (Å²) in [4.78, 5) is 26.3. The highest BCUT2D eigenvalue weighted by Crippen LogP contribution is 2.32. The molecule has 3 rings (SSSR count). The van der Waals surface area contributed by atoms with Gasteiger partial charge in [0.25, 0.3) is 5.91 Å². The average Bonchev–Trinajstić information content (AvgIpc) is 2.84. The number of sulfonamides is 1. The zero-order valence-electron chi connectivity index (χ0n) is 19.4. The van der Waals surface area contributed by atoms with Gasteiger partial charge in [-0.2, -0.15) is 0 Å². The van der Waals surface area contributed by atoms with Crippen molar-refractivity contribution >= 4 is 21.9 Å². The average molecular weight is 491 g/mol. The maximum Gasteiger partial charge on any atom is 0.306 e. The predicted octanol–water partition coefficient (Wildman–Crippen LogP) is 2.50. The molecule has 0 saturated carbocycles. The Kier molecular flexibility index (Phi) is 8.89. The highest BCUT2D eigenvalue weighted by Gasteiger charge is 2.21. The maximum atomic E-state index is 12.6. The highest BCUT2D eigenvalue weighted by atomic mass is 32.2. The third-order valence-electron chi connectivity index (χ3n) is 5.17. The van der Waals surface area contributed by atoms with Crippen molar-refractivity contribution in [1.29, 1.82) is 0 Å². The Bertz CT molecular complexity index is 1090. The van der Waals surface area contributed by atoms with Gasteiger partial charge < -0.3 is 19.1 Å². The fourth-order valence-corrected chi connectivity index (χ4v) is 4.44. The minimum absolute atomic E-state index is 0.0166. The Balaban J connectivity index is 1.41. The van der Waals surface area contributed by atoms with E-state index in [-0.39, 0.29) is 42.8 Å². The molecule has 1 aliphatic heterocycles. The number of amides is 1. The fourth-order valence-electron chi connectivity index (χ4n) is 3.35. The van der Waals surface area contributed by atoms with Gasteiger partial charge in [-0.25, -0.2) is 13.1 Å². The first-order valence-electron chi connectivity index (χ1n) is 11.1. The number of benzene rings is 2. The zero-order valence-corrected chi connectivity index (χ0v) is 20.2. The largest absolute Gasteiger partial charge is 0.486 e. The number of carbonyl (C=O) groups excluding carboxylic acids is 2. The van der Waals surface area contributed by atoms with Gasteiger partial charge in [0.1, 0.15) is 13.2 Å². The molecule has 1 aliphatic rings. The second kappa shape index (κ2) is 11.8. The van der Waals surface area contributed by atoms with Crippen LogP contribution >= 0.6 is 0 Å². The predicted molar refractivity (Wildman–Crippen MR) is 125 cm³/mol. The maximum absolute atomic E-state index is 12.6. The molecule has 9 nitrogen and oxygen atoms in total. The summed E-state index contributed by atoms with van der Waals surface area (Å²) < 4.78 is 43.4. The topological polar surface area (TPSA) is 111 Å². The van der Waals surface area contributed by atoms with Crippen LogP contribution in [0.1, 0.15) is 32.3 Å². The molecule has 0 aromatic heterocycles. The molecule has 0 fully saturated rings. The van der Waals surface area contributed by atoms with Crippen molar-refractivity contribution in [2.24, 2.45) is 0 Å². The Morgan fingerprint density at radius 1 is 1.06 bits per heavy atom. The molecule has 10 heteroatoms. The molecule has 0 radical (unpaired) electrons. The van der Waals surface area contributed by atoms with Crippen LogP contribution in [0.5, 0.6) is 11.5 Å². The Morgan fingerprint density at radius 3 is 2.47 bits per heavy atom. The molecule has 34 heavy (non-hydrogen) atoms. The van der Waals surface area contributed by atoms with Crippen molar-refractivity contribution in [1.82, 2.24) is 9.62 Å². The summed E-state index contributed by atoms with van der Waals surface area (Å²) in [6.07, 6.45) is 0.214. The standard InChI is InChI=1S/C24H30N2O7S/c1-18(2)26(16-19-7-4-3-5-8-19)23(27)17-33-24(28)9-6-12-25-34(29,30)20-10-11-21-22(15-20)32-14-13-31-21/h3-5,7-8,10-11,15,18,25H,6,9,12-14,16-17H2,1-2H3. The number of hydrogen-bond donors (Lipinski definition) is 1. The minimum atomic E-state index is -3.77. The van der Waals surface area contributed by atoms with Gasteiger partial charge in [-0.3, -0.25) is 9.59 Å². The zero-order chi connectivity index (χ0) is 24.6. The summed E-state index contributed by atoms with van der Waals surface area (Å²) in [7, 11) is -3.77. The first-order valence-corrected chi connectivity index (χ1v) is 12.6. The van der Waals surface area contributed by atoms with Gasteiger partial charge in [0.15, 0.2) is 18.1 Å². The van der Waals surface area contributed by atoms with E-state index in [0.29, 0.717) is 31.3 Å². The quantitative estimate of drug-likeness (QED) is 0.381. The van der Waals surface area contributed by atoms with Crippen LogP contribution in [0.15, 0.2) is 53.4 Å². The van der Waals surface area contributed by atoms with E-state index in [1.54, 1.807) is 11.0 Å². The van der Waals surface area contributed by atoms with E-state index in [0.717, 1.165) is 5.56 Å². The Hall–Kier alpha value is -3.11. The van der Waals surface area contributed by atoms with Crippen LogP contribution in [0.3, 0.4) is 0 Å². The van der Waals surface area contributed by atoms with Gasteiger partial charge in [0.05, 0.1) is 4.90 Å². The summed E-state index contributed by atoms with van der Waals surface area (Å²) in [6, 6.07) is 13.9. The first-order chi connectivity index (χ1) is 16.3. The SMILES string of the molecule is CC(C)N(Cc1ccccc1)C(=O)COC(=O)CCCNS(=O)(=O)c1ccc2c(c1)OCCO2. The lowest BCUT2D eigenvalue weighted by Gasteiger charge is -2.26. The third kappa shape index (κ3) is 7.19. The first kappa shape index (κ1) is 25.5. The number of esters is 1. The molecule has 2 aromatic rings. The van der Waals surface area contributed by atoms with Gasteiger partial charge in [0, 0.05) is 31.6 Å². The summed E-state index contributed by atoms with van der Waals surface area (Å²) in [5, 5.41) is 0. The second-order valence-electron chi connectivity index (χ2n) is 8.07. The van der Waals surface area contributed by atoms with E-state index in [1.165, 1.54) is 12.1 Å². The molecule has 0 saturated heterocycles. The highest BCUT2D eigenvalue weighted by molar-refractivity contribution is 7.89. The van der Waals surface area contributed by atoms with Gasteiger partial charge >= 0.3 is 5.97 Å². The van der Waals surface area contributed by atoms with E-state index in [2.05, 4.69) is 4.72 Å². The molecule has 1 heterocycles. The number of rotatable bonds is 11. The van der Waals surface area contributed by atoms with Gasteiger partial charge in [-0.15, -0.1) is 0 Å². The normalized spacial score (nSPS) is 12.9. The molecule has 184 valence electrons. The Morgan fingerprint density at radius 2 is 1.76 bits per heavy atom. The smallest absolute Gasteiger partial charge is 0.306 e. The van der Waals surface area contributed by atoms with Crippen molar-refractivity contribution in [2.75, 3.05) is 26.4 Å². The fraction of sp³-hybridized carbons (Fsp3) is 0.417. The molecule has 0 atom stereocenters. The van der Waals surface area contributed by atoms with E-state index < -0.39 is 16.0 Å². The molecular weight excluding hydrogens is 460 g/mol. The summed E-state index contributed by atoms with van der Waals surface area (Å²) >= 11 is 0. The molecule has 0 spiro atoms. The van der Waals surface area contributed by atoms with Gasteiger partial charge in [-0.05, 0) is 38.0 Å². The van der Waals surface area contributed by atoms with Crippen LogP contribution < -0.4 is 14.2 Å². The molecule has 1 N–H and O–H groups in total. The molecule has 2 aromatic carbocycles. The van der Waals surface area contributed by atoms with Crippen LogP contribution in [0.2, 0.25) is 0 Å². The van der Waals surface area contributed by atoms with Crippen molar-refractivity contribution < 1.29 is 32.2 Å². The number of carbonyl (C=O) groups is 2. The monoisotopic (exact) mass is 490 g/mol. The van der Waals surface area contributed by atoms with Gasteiger partial charge in [-0.1, -0.05) is 30.3 Å². The van der Waals surface area contributed by atoms with Crippen LogP contribution in [-0.2, 0) is 30.9 Å². The Labute approximate surface area is 200 Å². The van der Waals surface area contributed by atoms with Crippen molar-refractivity contribution in [2.45, 2.75) is 44.2 Å². The second-order valence-corrected chi connectivity index (χ2v) is 9.84. The van der Waals surface area contributed by atoms with Crippen LogP contribution in [0.25, 0.3) is 0 Å². The van der Waals surface area contributed by atoms with Crippen LogP contribution in [-0.4, -0.2) is 57.6 Å². The van der Waals surface area contributed by atoms with E-state index in [4.69, 9.17) is 14.2 Å². The summed E-state index contributed by atoms with van der Waals surface area (Å²) in [5.74, 6) is 0.0363. The van der Waals surface area contributed by atoms with Crippen LogP contribution in [0, 0.1) is 0 Å². The lowest BCUT2D eigenvalue weighted by molar-refractivity contribution is -0.153. The number of fused-ring (bicyclic) bond motifs is 1. The minimum Gasteiger partial charge on any atom is -0.486 e. The van der Waals surface area contributed by atoms with E-state index >= 15 is 0 Å². The van der Waals surface area contributed by atoms with Crippen LogP contribution in [0.4, 0.5) is 0 Å². The number of hydrogen-bond acceptors (Lipinski definition) is 7. The van der Waals surface area contributed by atoms with E-state index in [1.807, 2.05) is 44.2 Å². The third-order valence-corrected chi connectivity index (χ3v) is 6.63. The molecule has 0 bridgehead atoms. The molecule has 0 aliphatic carbocycles. The molecule has 1 amide bonds.